The molecule has 0 fully saturated rings. The molecule has 78 valence electrons. The van der Waals surface area contributed by atoms with Crippen LogP contribution in [0.3, 0.4) is 0 Å². The third-order valence-electron chi connectivity index (χ3n) is 2.02. The lowest BCUT2D eigenvalue weighted by Crippen LogP contribution is -2.34. The zero-order chi connectivity index (χ0) is 10.9. The van der Waals surface area contributed by atoms with E-state index >= 15 is 0 Å². The first kappa shape index (κ1) is 11.8. The second-order valence-corrected chi connectivity index (χ2v) is 5.17. The summed E-state index contributed by atoms with van der Waals surface area (Å²) in [5.41, 5.74) is 8.02. The summed E-state index contributed by atoms with van der Waals surface area (Å²) in [4.78, 5) is 0. The lowest BCUT2D eigenvalue weighted by Gasteiger charge is -2.20. The number of rotatable bonds is 2. The van der Waals surface area contributed by atoms with Crippen molar-refractivity contribution < 1.29 is 0 Å². The summed E-state index contributed by atoms with van der Waals surface area (Å²) in [6.07, 6.45) is 0.801. The van der Waals surface area contributed by atoms with Crippen molar-refractivity contribution in [2.75, 3.05) is 0 Å². The quantitative estimate of drug-likeness (QED) is 0.828. The summed E-state index contributed by atoms with van der Waals surface area (Å²) in [6.45, 7) is 6.01. The first-order chi connectivity index (χ1) is 6.29. The van der Waals surface area contributed by atoms with Crippen LogP contribution in [0.5, 0.6) is 0 Å². The zero-order valence-corrected chi connectivity index (χ0v) is 10.2. The van der Waals surface area contributed by atoms with Crippen LogP contribution in [0.2, 0.25) is 10.0 Å². The zero-order valence-electron chi connectivity index (χ0n) is 8.70. The van der Waals surface area contributed by atoms with Gasteiger partial charge in [0.05, 0.1) is 10.0 Å². The van der Waals surface area contributed by atoms with Crippen LogP contribution in [-0.2, 0) is 6.42 Å². The molecule has 0 unspecified atom stereocenters. The largest absolute Gasteiger partial charge is 0.325 e. The van der Waals surface area contributed by atoms with Crippen molar-refractivity contribution in [3.8, 4) is 0 Å². The molecule has 1 aromatic carbocycles. The molecular weight excluding hydrogens is 217 g/mol. The molecule has 0 atom stereocenters. The number of aryl methyl sites for hydroxylation is 1. The first-order valence-corrected chi connectivity index (χ1v) is 5.28. The van der Waals surface area contributed by atoms with Gasteiger partial charge in [0, 0.05) is 5.54 Å². The molecule has 1 aromatic rings. The van der Waals surface area contributed by atoms with Gasteiger partial charge in [0.15, 0.2) is 0 Å². The molecule has 1 nitrogen and oxygen atoms in total. The highest BCUT2D eigenvalue weighted by atomic mass is 35.5. The van der Waals surface area contributed by atoms with Crippen LogP contribution in [0.15, 0.2) is 12.1 Å². The van der Waals surface area contributed by atoms with Crippen molar-refractivity contribution in [2.45, 2.75) is 32.7 Å². The maximum Gasteiger partial charge on any atom is 0.0595 e. The average molecular weight is 232 g/mol. The summed E-state index contributed by atoms with van der Waals surface area (Å²) in [5.74, 6) is 0. The molecule has 0 heterocycles. The number of halogens is 2. The Balaban J connectivity index is 3.04. The van der Waals surface area contributed by atoms with Gasteiger partial charge in [-0.2, -0.15) is 0 Å². The second-order valence-electron chi connectivity index (χ2n) is 4.36. The maximum absolute atomic E-state index is 5.95. The van der Waals surface area contributed by atoms with Crippen LogP contribution < -0.4 is 5.73 Å². The fraction of sp³-hybridized carbons (Fsp3) is 0.455. The molecule has 0 saturated heterocycles. The highest BCUT2D eigenvalue weighted by Crippen LogP contribution is 2.27. The van der Waals surface area contributed by atoms with E-state index in [2.05, 4.69) is 0 Å². The molecule has 0 aliphatic carbocycles. The Morgan fingerprint density at radius 1 is 1.21 bits per heavy atom. The molecule has 3 heteroatoms. The molecule has 0 saturated carbocycles. The van der Waals surface area contributed by atoms with Gasteiger partial charge in [-0.05, 0) is 50.5 Å². The normalized spacial score (nSPS) is 11.9. The van der Waals surface area contributed by atoms with Crippen LogP contribution in [-0.4, -0.2) is 5.54 Å². The molecule has 14 heavy (non-hydrogen) atoms. The molecule has 0 radical (unpaired) electrons. The molecule has 0 aliphatic rings. The van der Waals surface area contributed by atoms with Crippen molar-refractivity contribution in [3.63, 3.8) is 0 Å². The lowest BCUT2D eigenvalue weighted by atomic mass is 9.93. The van der Waals surface area contributed by atoms with Crippen LogP contribution in [0.25, 0.3) is 0 Å². The lowest BCUT2D eigenvalue weighted by molar-refractivity contribution is 0.515. The number of hydrogen-bond acceptors (Lipinski definition) is 1. The summed E-state index contributed by atoms with van der Waals surface area (Å²) in [6, 6.07) is 3.78. The van der Waals surface area contributed by atoms with E-state index in [4.69, 9.17) is 28.9 Å². The van der Waals surface area contributed by atoms with Gasteiger partial charge in [-0.25, -0.2) is 0 Å². The van der Waals surface area contributed by atoms with E-state index in [1.165, 1.54) is 0 Å². The monoisotopic (exact) mass is 231 g/mol. The third-order valence-corrected chi connectivity index (χ3v) is 2.75. The van der Waals surface area contributed by atoms with Gasteiger partial charge in [-0.15, -0.1) is 0 Å². The first-order valence-electron chi connectivity index (χ1n) is 4.53. The van der Waals surface area contributed by atoms with Crippen molar-refractivity contribution in [2.24, 2.45) is 5.73 Å². The Morgan fingerprint density at radius 3 is 2.21 bits per heavy atom. The van der Waals surface area contributed by atoms with Gasteiger partial charge in [-0.1, -0.05) is 23.2 Å². The van der Waals surface area contributed by atoms with Crippen molar-refractivity contribution in [3.05, 3.63) is 33.3 Å². The van der Waals surface area contributed by atoms with E-state index in [0.29, 0.717) is 10.0 Å². The predicted molar refractivity (Wildman–Crippen MR) is 63.2 cm³/mol. The van der Waals surface area contributed by atoms with E-state index in [1.807, 2.05) is 32.9 Å². The smallest absolute Gasteiger partial charge is 0.0595 e. The Hall–Kier alpha value is -0.240. The third kappa shape index (κ3) is 3.16. The van der Waals surface area contributed by atoms with Gasteiger partial charge < -0.3 is 5.73 Å². The van der Waals surface area contributed by atoms with Crippen LogP contribution in [0.4, 0.5) is 0 Å². The average Bonchev–Trinajstić information content (AvgIpc) is 1.97. The standard InChI is InChI=1S/C11H15Cl2N/c1-7-4-9(12)10(13)5-8(7)6-11(2,3)14/h4-5H,6,14H2,1-3H3. The minimum atomic E-state index is -0.220. The Bertz CT molecular complexity index is 340. The molecular formula is C11H15Cl2N. The Kier molecular flexibility index (Phi) is 3.46. The SMILES string of the molecule is Cc1cc(Cl)c(Cl)cc1CC(C)(C)N. The fourth-order valence-electron chi connectivity index (χ4n) is 1.37. The Morgan fingerprint density at radius 2 is 1.71 bits per heavy atom. The predicted octanol–water partition coefficient (Wildman–Crippen LogP) is 3.58. The van der Waals surface area contributed by atoms with Crippen LogP contribution in [0.1, 0.15) is 25.0 Å². The van der Waals surface area contributed by atoms with Gasteiger partial charge in [0.25, 0.3) is 0 Å². The van der Waals surface area contributed by atoms with E-state index in [-0.39, 0.29) is 5.54 Å². The van der Waals surface area contributed by atoms with Gasteiger partial charge in [0.1, 0.15) is 0 Å². The summed E-state index contributed by atoms with van der Waals surface area (Å²) < 4.78 is 0. The van der Waals surface area contributed by atoms with Crippen molar-refractivity contribution in [1.82, 2.24) is 0 Å². The topological polar surface area (TPSA) is 26.0 Å². The van der Waals surface area contributed by atoms with E-state index in [9.17, 15) is 0 Å². The minimum Gasteiger partial charge on any atom is -0.325 e. The summed E-state index contributed by atoms with van der Waals surface area (Å²) in [5, 5.41) is 1.19. The highest BCUT2D eigenvalue weighted by molar-refractivity contribution is 6.42. The summed E-state index contributed by atoms with van der Waals surface area (Å²) >= 11 is 11.8. The Labute approximate surface area is 95.2 Å². The van der Waals surface area contributed by atoms with Gasteiger partial charge >= 0.3 is 0 Å². The van der Waals surface area contributed by atoms with E-state index in [1.54, 1.807) is 0 Å². The second kappa shape index (κ2) is 4.09. The van der Waals surface area contributed by atoms with Gasteiger partial charge in [0.2, 0.25) is 0 Å². The number of hydrogen-bond donors (Lipinski definition) is 1. The molecule has 2 N–H and O–H groups in total. The molecule has 0 spiro atoms. The number of benzene rings is 1. The minimum absolute atomic E-state index is 0.220. The summed E-state index contributed by atoms with van der Waals surface area (Å²) in [7, 11) is 0. The van der Waals surface area contributed by atoms with Crippen molar-refractivity contribution in [1.29, 1.82) is 0 Å². The maximum atomic E-state index is 5.95. The highest BCUT2D eigenvalue weighted by Gasteiger charge is 2.14. The van der Waals surface area contributed by atoms with Crippen LogP contribution in [0, 0.1) is 6.92 Å². The fourth-order valence-corrected chi connectivity index (χ4v) is 1.77. The molecule has 0 amide bonds. The van der Waals surface area contributed by atoms with Gasteiger partial charge in [-0.3, -0.25) is 0 Å². The molecule has 0 aliphatic heterocycles. The molecule has 1 rings (SSSR count). The molecule has 0 aromatic heterocycles. The van der Waals surface area contributed by atoms with E-state index < -0.39 is 0 Å². The van der Waals surface area contributed by atoms with E-state index in [0.717, 1.165) is 17.5 Å². The van der Waals surface area contributed by atoms with Crippen molar-refractivity contribution >= 4 is 23.2 Å². The van der Waals surface area contributed by atoms with Crippen LogP contribution >= 0.6 is 23.2 Å². The number of nitrogens with two attached hydrogens (primary N) is 1. The molecule has 0 bridgehead atoms.